The maximum Gasteiger partial charge on any atom is 0.275 e. The van der Waals surface area contributed by atoms with Crippen molar-refractivity contribution in [3.8, 4) is 17.1 Å². The van der Waals surface area contributed by atoms with Crippen LogP contribution in [-0.2, 0) is 11.2 Å². The van der Waals surface area contributed by atoms with Gasteiger partial charge in [-0.3, -0.25) is 9.59 Å². The van der Waals surface area contributed by atoms with Gasteiger partial charge in [0.15, 0.2) is 11.5 Å². The van der Waals surface area contributed by atoms with Crippen molar-refractivity contribution in [2.75, 3.05) is 6.54 Å². The van der Waals surface area contributed by atoms with E-state index in [1.54, 1.807) is 4.90 Å². The second-order valence-corrected chi connectivity index (χ2v) is 11.5. The van der Waals surface area contributed by atoms with Crippen LogP contribution in [0.2, 0.25) is 0 Å². The molecule has 41 heavy (non-hydrogen) atoms. The highest BCUT2D eigenvalue weighted by molar-refractivity contribution is 6.03. The van der Waals surface area contributed by atoms with E-state index in [4.69, 9.17) is 4.98 Å². The van der Waals surface area contributed by atoms with Gasteiger partial charge in [-0.1, -0.05) is 77.5 Å². The van der Waals surface area contributed by atoms with E-state index in [1.165, 1.54) is 4.68 Å². The Labute approximate surface area is 239 Å². The average Bonchev–Trinajstić information content (AvgIpc) is 3.36. The zero-order chi connectivity index (χ0) is 28.7. The van der Waals surface area contributed by atoms with Crippen LogP contribution in [0.1, 0.15) is 54.0 Å². The fraction of sp³-hybridized carbons (Fsp3) is 0.242. The molecule has 0 fully saturated rings. The van der Waals surface area contributed by atoms with Crippen LogP contribution in [0.5, 0.6) is 0 Å². The summed E-state index contributed by atoms with van der Waals surface area (Å²) >= 11 is 0. The molecule has 5 aromatic rings. The summed E-state index contributed by atoms with van der Waals surface area (Å²) in [6, 6.07) is 26.5. The molecule has 206 valence electrons. The first kappa shape index (κ1) is 26.4. The Morgan fingerprint density at radius 1 is 0.951 bits per heavy atom. The first-order chi connectivity index (χ1) is 19.7. The third-order valence-corrected chi connectivity index (χ3v) is 7.20. The van der Waals surface area contributed by atoms with E-state index in [2.05, 4.69) is 15.6 Å². The second-order valence-electron chi connectivity index (χ2n) is 11.5. The maximum atomic E-state index is 14.6. The monoisotopic (exact) mass is 544 g/mol. The van der Waals surface area contributed by atoms with E-state index in [9.17, 15) is 9.59 Å². The number of hydrogen-bond acceptors (Lipinski definition) is 5. The molecule has 2 amide bonds. The molecule has 0 saturated carbocycles. The number of fused-ring (bicyclic) bond motifs is 4. The van der Waals surface area contributed by atoms with Crippen molar-refractivity contribution < 1.29 is 9.59 Å². The van der Waals surface area contributed by atoms with Crippen molar-refractivity contribution in [3.63, 3.8) is 0 Å². The normalized spacial score (nSPS) is 14.9. The SMILES string of the molecule is Cc1ccc2nc3c(cc2c1)C(C(=O)NC(C)(C)C)N(CCc1ccccc1)C(=O)c1c(-c2ccccc2)nnn1-3. The topological polar surface area (TPSA) is 93.0 Å². The fourth-order valence-electron chi connectivity index (χ4n) is 5.35. The molecule has 2 aromatic heterocycles. The number of nitrogens with one attached hydrogen (secondary N) is 1. The van der Waals surface area contributed by atoms with E-state index in [-0.39, 0.29) is 17.5 Å². The first-order valence-electron chi connectivity index (χ1n) is 13.8. The maximum absolute atomic E-state index is 14.6. The molecule has 0 radical (unpaired) electrons. The van der Waals surface area contributed by atoms with Crippen molar-refractivity contribution in [1.82, 2.24) is 30.2 Å². The fourth-order valence-corrected chi connectivity index (χ4v) is 5.35. The zero-order valence-corrected chi connectivity index (χ0v) is 23.6. The van der Waals surface area contributed by atoms with Gasteiger partial charge in [-0.05, 0) is 57.9 Å². The van der Waals surface area contributed by atoms with Crippen molar-refractivity contribution >= 4 is 22.7 Å². The molecule has 0 saturated heterocycles. The Hall–Kier alpha value is -4.85. The largest absolute Gasteiger partial charge is 0.349 e. The Balaban J connectivity index is 1.60. The highest BCUT2D eigenvalue weighted by Crippen LogP contribution is 2.37. The quantitative estimate of drug-likeness (QED) is 0.318. The van der Waals surface area contributed by atoms with Crippen molar-refractivity contribution in [2.24, 2.45) is 0 Å². The summed E-state index contributed by atoms with van der Waals surface area (Å²) in [4.78, 5) is 35.4. The van der Waals surface area contributed by atoms with Gasteiger partial charge in [0.05, 0.1) is 5.52 Å². The molecule has 6 rings (SSSR count). The highest BCUT2D eigenvalue weighted by Gasteiger charge is 2.42. The van der Waals surface area contributed by atoms with Crippen molar-refractivity contribution in [3.05, 3.63) is 107 Å². The van der Waals surface area contributed by atoms with E-state index < -0.39 is 11.6 Å². The zero-order valence-electron chi connectivity index (χ0n) is 23.6. The molecule has 1 aliphatic heterocycles. The van der Waals surface area contributed by atoms with Gasteiger partial charge < -0.3 is 10.2 Å². The number of nitrogens with zero attached hydrogens (tertiary/aromatic N) is 5. The molecular formula is C33H32N6O2. The van der Waals surface area contributed by atoms with Crippen LogP contribution in [0.3, 0.4) is 0 Å². The highest BCUT2D eigenvalue weighted by atomic mass is 16.2. The number of amides is 2. The summed E-state index contributed by atoms with van der Waals surface area (Å²) in [6.45, 7) is 8.14. The van der Waals surface area contributed by atoms with Crippen LogP contribution >= 0.6 is 0 Å². The lowest BCUT2D eigenvalue weighted by atomic mass is 9.99. The van der Waals surface area contributed by atoms with Crippen LogP contribution < -0.4 is 5.32 Å². The van der Waals surface area contributed by atoms with Crippen LogP contribution in [0.4, 0.5) is 0 Å². The predicted octanol–water partition coefficient (Wildman–Crippen LogP) is 5.45. The molecule has 1 unspecified atom stereocenters. The third kappa shape index (κ3) is 5.09. The minimum atomic E-state index is -0.928. The summed E-state index contributed by atoms with van der Waals surface area (Å²) in [7, 11) is 0. The Bertz CT molecular complexity index is 1760. The van der Waals surface area contributed by atoms with Crippen molar-refractivity contribution in [2.45, 2.75) is 45.7 Å². The van der Waals surface area contributed by atoms with Crippen LogP contribution in [-0.4, -0.2) is 48.8 Å². The summed E-state index contributed by atoms with van der Waals surface area (Å²) < 4.78 is 1.51. The number of aryl methyl sites for hydroxylation is 1. The van der Waals surface area contributed by atoms with Gasteiger partial charge in [0, 0.05) is 28.6 Å². The molecule has 3 heterocycles. The van der Waals surface area contributed by atoms with Gasteiger partial charge in [-0.25, -0.2) is 4.98 Å². The smallest absolute Gasteiger partial charge is 0.275 e. The summed E-state index contributed by atoms with van der Waals surface area (Å²) in [5, 5.41) is 12.9. The molecule has 1 atom stereocenters. The van der Waals surface area contributed by atoms with Gasteiger partial charge >= 0.3 is 0 Å². The van der Waals surface area contributed by atoms with Crippen LogP contribution in [0.15, 0.2) is 84.9 Å². The Morgan fingerprint density at radius 3 is 2.37 bits per heavy atom. The minimum absolute atomic E-state index is 0.270. The summed E-state index contributed by atoms with van der Waals surface area (Å²) in [6.07, 6.45) is 0.573. The van der Waals surface area contributed by atoms with Gasteiger partial charge in [-0.15, -0.1) is 5.10 Å². The van der Waals surface area contributed by atoms with Crippen molar-refractivity contribution in [1.29, 1.82) is 0 Å². The number of benzene rings is 3. The molecule has 1 N–H and O–H groups in total. The van der Waals surface area contributed by atoms with Crippen LogP contribution in [0, 0.1) is 6.92 Å². The van der Waals surface area contributed by atoms with Crippen LogP contribution in [0.25, 0.3) is 28.0 Å². The lowest BCUT2D eigenvalue weighted by Crippen LogP contribution is -2.49. The first-order valence-corrected chi connectivity index (χ1v) is 13.8. The van der Waals surface area contributed by atoms with E-state index in [1.807, 2.05) is 113 Å². The molecule has 0 aliphatic carbocycles. The van der Waals surface area contributed by atoms with Gasteiger partial charge in [-0.2, -0.15) is 4.68 Å². The van der Waals surface area contributed by atoms with E-state index in [0.717, 1.165) is 27.6 Å². The average molecular weight is 545 g/mol. The number of rotatable bonds is 5. The molecule has 8 nitrogen and oxygen atoms in total. The van der Waals surface area contributed by atoms with Gasteiger partial charge in [0.25, 0.3) is 5.91 Å². The Morgan fingerprint density at radius 2 is 1.66 bits per heavy atom. The third-order valence-electron chi connectivity index (χ3n) is 7.20. The second kappa shape index (κ2) is 10.3. The lowest BCUT2D eigenvalue weighted by molar-refractivity contribution is -0.127. The predicted molar refractivity (Wildman–Crippen MR) is 159 cm³/mol. The standard InChI is InChI=1S/C33H32N6O2/c1-21-15-16-26-24(19-21)20-25-28(31(40)35-33(2,3)4)38(18-17-22-11-7-5-8-12-22)32(41)29-27(23-13-9-6-10-14-23)36-37-39(29)30(25)34-26/h5-16,19-20,28H,17-18H2,1-4H3,(H,35,40). The number of carbonyl (C=O) groups is 2. The van der Waals surface area contributed by atoms with E-state index in [0.29, 0.717) is 30.0 Å². The molecule has 0 spiro atoms. The Kier molecular flexibility index (Phi) is 6.61. The minimum Gasteiger partial charge on any atom is -0.349 e. The van der Waals surface area contributed by atoms with Gasteiger partial charge in [0.2, 0.25) is 5.91 Å². The molecule has 8 heteroatoms. The number of carbonyl (C=O) groups excluding carboxylic acids is 2. The lowest BCUT2D eigenvalue weighted by Gasteiger charge is -2.32. The molecule has 0 bridgehead atoms. The molecular weight excluding hydrogens is 512 g/mol. The number of aromatic nitrogens is 4. The molecule has 1 aliphatic rings. The number of hydrogen-bond donors (Lipinski definition) is 1. The summed E-state index contributed by atoms with van der Waals surface area (Å²) in [5.41, 5.74) is 4.50. The number of pyridine rings is 1. The summed E-state index contributed by atoms with van der Waals surface area (Å²) in [5.74, 6) is -0.165. The van der Waals surface area contributed by atoms with Gasteiger partial charge in [0.1, 0.15) is 11.7 Å². The van der Waals surface area contributed by atoms with E-state index >= 15 is 0 Å². The molecule has 3 aromatic carbocycles.